The second-order valence-corrected chi connectivity index (χ2v) is 7.31. The molecule has 0 bridgehead atoms. The van der Waals surface area contributed by atoms with Crippen molar-refractivity contribution in [1.29, 1.82) is 0 Å². The van der Waals surface area contributed by atoms with E-state index in [4.69, 9.17) is 0 Å². The van der Waals surface area contributed by atoms with Gasteiger partial charge in [0.25, 0.3) is 0 Å². The average Bonchev–Trinajstić information content (AvgIpc) is 2.35. The Morgan fingerprint density at radius 2 is 2.00 bits per heavy atom. The standard InChI is InChI=1S/C17H32N2O/c1-4-14-9-16(18-10-15-6-5-7-15)12-19(11-14)17(20)8-13(2)3/h13-16,18H,4-12H2,1-3H3. The molecule has 1 saturated carbocycles. The van der Waals surface area contributed by atoms with E-state index in [-0.39, 0.29) is 0 Å². The van der Waals surface area contributed by atoms with Crippen LogP contribution in [0.5, 0.6) is 0 Å². The van der Waals surface area contributed by atoms with Crippen molar-refractivity contribution in [2.24, 2.45) is 17.8 Å². The van der Waals surface area contributed by atoms with Crippen LogP contribution in [0, 0.1) is 17.8 Å². The van der Waals surface area contributed by atoms with Gasteiger partial charge in [-0.25, -0.2) is 0 Å². The molecular weight excluding hydrogens is 248 g/mol. The molecule has 3 heteroatoms. The number of hydrogen-bond donors (Lipinski definition) is 1. The molecule has 0 aromatic heterocycles. The fourth-order valence-electron chi connectivity index (χ4n) is 3.36. The molecule has 2 fully saturated rings. The van der Waals surface area contributed by atoms with Crippen LogP contribution in [-0.2, 0) is 4.79 Å². The number of hydrogen-bond acceptors (Lipinski definition) is 2. The van der Waals surface area contributed by atoms with Gasteiger partial charge < -0.3 is 10.2 Å². The molecule has 0 aromatic rings. The van der Waals surface area contributed by atoms with Crippen LogP contribution < -0.4 is 5.32 Å². The monoisotopic (exact) mass is 280 g/mol. The van der Waals surface area contributed by atoms with Gasteiger partial charge in [0.05, 0.1) is 0 Å². The number of nitrogens with one attached hydrogen (secondary N) is 1. The molecule has 0 spiro atoms. The van der Waals surface area contributed by atoms with E-state index >= 15 is 0 Å². The van der Waals surface area contributed by atoms with Gasteiger partial charge in [0, 0.05) is 25.6 Å². The van der Waals surface area contributed by atoms with Crippen molar-refractivity contribution >= 4 is 5.91 Å². The van der Waals surface area contributed by atoms with Crippen molar-refractivity contribution in [2.45, 2.75) is 65.3 Å². The van der Waals surface area contributed by atoms with Gasteiger partial charge in [-0.1, -0.05) is 33.6 Å². The largest absolute Gasteiger partial charge is 0.341 e. The summed E-state index contributed by atoms with van der Waals surface area (Å²) in [6.45, 7) is 9.58. The fourth-order valence-corrected chi connectivity index (χ4v) is 3.36. The molecule has 2 atom stereocenters. The van der Waals surface area contributed by atoms with Crippen molar-refractivity contribution in [2.75, 3.05) is 19.6 Å². The second-order valence-electron chi connectivity index (χ2n) is 7.31. The summed E-state index contributed by atoms with van der Waals surface area (Å²) in [4.78, 5) is 14.4. The van der Waals surface area contributed by atoms with E-state index in [1.165, 1.54) is 32.1 Å². The summed E-state index contributed by atoms with van der Waals surface area (Å²) in [5, 5.41) is 3.73. The number of nitrogens with zero attached hydrogens (tertiary/aromatic N) is 1. The van der Waals surface area contributed by atoms with Gasteiger partial charge in [-0.15, -0.1) is 0 Å². The topological polar surface area (TPSA) is 32.3 Å². The number of likely N-dealkylation sites (tertiary alicyclic amines) is 1. The van der Waals surface area contributed by atoms with E-state index in [9.17, 15) is 4.79 Å². The quantitative estimate of drug-likeness (QED) is 0.811. The fraction of sp³-hybridized carbons (Fsp3) is 0.941. The first-order chi connectivity index (χ1) is 9.58. The van der Waals surface area contributed by atoms with Gasteiger partial charge in [-0.05, 0) is 43.6 Å². The van der Waals surface area contributed by atoms with Crippen molar-refractivity contribution in [3.05, 3.63) is 0 Å². The Kier molecular flexibility index (Phi) is 5.88. The summed E-state index contributed by atoms with van der Waals surface area (Å²) in [7, 11) is 0. The van der Waals surface area contributed by atoms with E-state index < -0.39 is 0 Å². The zero-order chi connectivity index (χ0) is 14.5. The first-order valence-corrected chi connectivity index (χ1v) is 8.59. The highest BCUT2D eigenvalue weighted by atomic mass is 16.2. The lowest BCUT2D eigenvalue weighted by Crippen LogP contribution is -2.52. The Morgan fingerprint density at radius 1 is 1.25 bits per heavy atom. The zero-order valence-corrected chi connectivity index (χ0v) is 13.5. The average molecular weight is 280 g/mol. The number of carbonyl (C=O) groups is 1. The Labute approximate surface area is 124 Å². The third-order valence-corrected chi connectivity index (χ3v) is 4.97. The number of carbonyl (C=O) groups excluding carboxylic acids is 1. The number of amides is 1. The van der Waals surface area contributed by atoms with E-state index in [1.54, 1.807) is 0 Å². The summed E-state index contributed by atoms with van der Waals surface area (Å²) in [5.41, 5.74) is 0. The van der Waals surface area contributed by atoms with Crippen molar-refractivity contribution < 1.29 is 4.79 Å². The van der Waals surface area contributed by atoms with Crippen LogP contribution in [0.4, 0.5) is 0 Å². The third-order valence-electron chi connectivity index (χ3n) is 4.97. The molecular formula is C17H32N2O. The highest BCUT2D eigenvalue weighted by molar-refractivity contribution is 5.76. The minimum atomic E-state index is 0.355. The van der Waals surface area contributed by atoms with Crippen LogP contribution in [0.1, 0.15) is 59.3 Å². The SMILES string of the molecule is CCC1CC(NCC2CCC2)CN(C(=O)CC(C)C)C1. The maximum Gasteiger partial charge on any atom is 0.222 e. The first-order valence-electron chi connectivity index (χ1n) is 8.59. The summed E-state index contributed by atoms with van der Waals surface area (Å²) >= 11 is 0. The van der Waals surface area contributed by atoms with E-state index in [2.05, 4.69) is 31.0 Å². The van der Waals surface area contributed by atoms with Gasteiger partial charge in [-0.3, -0.25) is 4.79 Å². The number of rotatable bonds is 6. The minimum absolute atomic E-state index is 0.355. The summed E-state index contributed by atoms with van der Waals surface area (Å²) < 4.78 is 0. The molecule has 3 nitrogen and oxygen atoms in total. The van der Waals surface area contributed by atoms with E-state index in [1.807, 2.05) is 0 Å². The van der Waals surface area contributed by atoms with Crippen LogP contribution in [0.15, 0.2) is 0 Å². The predicted octanol–water partition coefficient (Wildman–Crippen LogP) is 3.05. The van der Waals surface area contributed by atoms with Crippen molar-refractivity contribution in [3.8, 4) is 0 Å². The molecule has 1 aliphatic carbocycles. The lowest BCUT2D eigenvalue weighted by atomic mass is 9.84. The Balaban J connectivity index is 1.83. The maximum absolute atomic E-state index is 12.3. The third kappa shape index (κ3) is 4.47. The maximum atomic E-state index is 12.3. The minimum Gasteiger partial charge on any atom is -0.341 e. The lowest BCUT2D eigenvalue weighted by Gasteiger charge is -2.39. The molecule has 1 amide bonds. The van der Waals surface area contributed by atoms with Gasteiger partial charge in [0.1, 0.15) is 0 Å². The molecule has 2 unspecified atom stereocenters. The highest BCUT2D eigenvalue weighted by Crippen LogP contribution is 2.26. The Bertz CT molecular complexity index is 312. The van der Waals surface area contributed by atoms with E-state index in [0.717, 1.165) is 25.6 Å². The molecule has 1 saturated heterocycles. The summed E-state index contributed by atoms with van der Waals surface area (Å²) in [5.74, 6) is 2.40. The summed E-state index contributed by atoms with van der Waals surface area (Å²) in [6.07, 6.45) is 7.33. The molecule has 116 valence electrons. The molecule has 0 radical (unpaired) electrons. The van der Waals surface area contributed by atoms with Gasteiger partial charge >= 0.3 is 0 Å². The van der Waals surface area contributed by atoms with Crippen LogP contribution >= 0.6 is 0 Å². The molecule has 2 aliphatic rings. The van der Waals surface area contributed by atoms with Gasteiger partial charge in [-0.2, -0.15) is 0 Å². The molecule has 20 heavy (non-hydrogen) atoms. The summed E-state index contributed by atoms with van der Waals surface area (Å²) in [6, 6.07) is 0.519. The molecule has 2 rings (SSSR count). The second kappa shape index (κ2) is 7.44. The van der Waals surface area contributed by atoms with Crippen molar-refractivity contribution in [3.63, 3.8) is 0 Å². The van der Waals surface area contributed by atoms with Crippen LogP contribution in [0.25, 0.3) is 0 Å². The normalized spacial score (nSPS) is 27.7. The Morgan fingerprint density at radius 3 is 2.55 bits per heavy atom. The van der Waals surface area contributed by atoms with Crippen LogP contribution in [0.3, 0.4) is 0 Å². The first kappa shape index (κ1) is 15.8. The molecule has 1 N–H and O–H groups in total. The highest BCUT2D eigenvalue weighted by Gasteiger charge is 2.29. The smallest absolute Gasteiger partial charge is 0.222 e. The van der Waals surface area contributed by atoms with Gasteiger partial charge in [0.15, 0.2) is 0 Å². The molecule has 0 aromatic carbocycles. The van der Waals surface area contributed by atoms with E-state index in [0.29, 0.717) is 30.2 Å². The van der Waals surface area contributed by atoms with Gasteiger partial charge in [0.2, 0.25) is 5.91 Å². The molecule has 1 aliphatic heterocycles. The lowest BCUT2D eigenvalue weighted by molar-refractivity contribution is -0.134. The number of piperidine rings is 1. The predicted molar refractivity (Wildman–Crippen MR) is 83.6 cm³/mol. The zero-order valence-electron chi connectivity index (χ0n) is 13.5. The van der Waals surface area contributed by atoms with Crippen molar-refractivity contribution in [1.82, 2.24) is 10.2 Å². The Hall–Kier alpha value is -0.570. The molecule has 1 heterocycles. The van der Waals surface area contributed by atoms with Crippen LogP contribution in [0.2, 0.25) is 0 Å². The van der Waals surface area contributed by atoms with Crippen LogP contribution in [-0.4, -0.2) is 36.5 Å².